The zero-order chi connectivity index (χ0) is 14.5. The highest BCUT2D eigenvalue weighted by molar-refractivity contribution is 6.30. The number of hydrogen-bond acceptors (Lipinski definition) is 4. The summed E-state index contributed by atoms with van der Waals surface area (Å²) >= 11 is 5.79. The minimum absolute atomic E-state index is 0.00899. The lowest BCUT2D eigenvalue weighted by Crippen LogP contribution is -2.43. The quantitative estimate of drug-likeness (QED) is 0.886. The van der Waals surface area contributed by atoms with Gasteiger partial charge in [0.2, 0.25) is 5.91 Å². The molecule has 1 heterocycles. The normalized spacial score (nSPS) is 21.8. The van der Waals surface area contributed by atoms with E-state index in [0.29, 0.717) is 31.4 Å². The van der Waals surface area contributed by atoms with E-state index in [9.17, 15) is 4.79 Å². The zero-order valence-corrected chi connectivity index (χ0v) is 12.2. The molecule has 1 saturated heterocycles. The van der Waals surface area contributed by atoms with E-state index in [0.717, 1.165) is 5.75 Å². The maximum Gasteiger partial charge on any atom is 0.229 e. The van der Waals surface area contributed by atoms with Crippen molar-refractivity contribution in [3.8, 4) is 5.75 Å². The van der Waals surface area contributed by atoms with Crippen LogP contribution in [0.5, 0.6) is 5.75 Å². The molecular formula is C14H19ClN2O3. The van der Waals surface area contributed by atoms with Crippen LogP contribution in [0.3, 0.4) is 0 Å². The van der Waals surface area contributed by atoms with Crippen LogP contribution in [0.2, 0.25) is 5.02 Å². The molecular weight excluding hydrogens is 280 g/mol. The van der Waals surface area contributed by atoms with Gasteiger partial charge in [-0.25, -0.2) is 0 Å². The summed E-state index contributed by atoms with van der Waals surface area (Å²) in [4.78, 5) is 13.8. The molecule has 2 atom stereocenters. The van der Waals surface area contributed by atoms with Gasteiger partial charge < -0.3 is 20.1 Å². The lowest BCUT2D eigenvalue weighted by molar-refractivity contribution is -0.134. The molecule has 5 nitrogen and oxygen atoms in total. The van der Waals surface area contributed by atoms with Crippen molar-refractivity contribution in [2.24, 2.45) is 11.7 Å². The summed E-state index contributed by atoms with van der Waals surface area (Å²) in [5.74, 6) is 0.501. The maximum atomic E-state index is 12.1. The molecule has 0 bridgehead atoms. The lowest BCUT2D eigenvalue weighted by Gasteiger charge is -2.22. The molecule has 0 spiro atoms. The first kappa shape index (κ1) is 15.1. The van der Waals surface area contributed by atoms with Crippen LogP contribution in [-0.4, -0.2) is 50.3 Å². The molecule has 0 radical (unpaired) electrons. The van der Waals surface area contributed by atoms with Crippen LogP contribution in [0.1, 0.15) is 0 Å². The van der Waals surface area contributed by atoms with Crippen LogP contribution < -0.4 is 10.5 Å². The molecule has 110 valence electrons. The highest BCUT2D eigenvalue weighted by Crippen LogP contribution is 2.16. The fourth-order valence-corrected chi connectivity index (χ4v) is 2.18. The first-order valence-electron chi connectivity index (χ1n) is 6.54. The van der Waals surface area contributed by atoms with Crippen molar-refractivity contribution in [3.63, 3.8) is 0 Å². The van der Waals surface area contributed by atoms with E-state index in [1.165, 1.54) is 0 Å². The molecule has 6 heteroatoms. The molecule has 1 aliphatic heterocycles. The number of carbonyl (C=O) groups is 1. The Labute approximate surface area is 123 Å². The van der Waals surface area contributed by atoms with Crippen LogP contribution >= 0.6 is 11.6 Å². The van der Waals surface area contributed by atoms with Crippen molar-refractivity contribution in [1.29, 1.82) is 0 Å². The molecule has 1 amide bonds. The van der Waals surface area contributed by atoms with Gasteiger partial charge in [0.25, 0.3) is 0 Å². The van der Waals surface area contributed by atoms with Crippen molar-refractivity contribution in [3.05, 3.63) is 29.3 Å². The summed E-state index contributed by atoms with van der Waals surface area (Å²) < 4.78 is 10.8. The number of halogens is 1. The fraction of sp³-hybridized carbons (Fsp3) is 0.500. The zero-order valence-electron chi connectivity index (χ0n) is 11.4. The van der Waals surface area contributed by atoms with E-state index in [-0.39, 0.29) is 17.9 Å². The minimum Gasteiger partial charge on any atom is -0.492 e. The van der Waals surface area contributed by atoms with Crippen LogP contribution in [0, 0.1) is 5.92 Å². The lowest BCUT2D eigenvalue weighted by atomic mass is 10.0. The Morgan fingerprint density at radius 3 is 2.75 bits per heavy atom. The molecule has 20 heavy (non-hydrogen) atoms. The Morgan fingerprint density at radius 1 is 1.45 bits per heavy atom. The third-order valence-corrected chi connectivity index (χ3v) is 3.58. The molecule has 2 rings (SSSR count). The van der Waals surface area contributed by atoms with Crippen molar-refractivity contribution in [2.45, 2.75) is 6.04 Å². The molecule has 1 aromatic rings. The smallest absolute Gasteiger partial charge is 0.229 e. The standard InChI is InChI=1S/C14H19ClN2O3/c1-17(14(18)12-8-19-9-13(12)16)6-7-20-11-4-2-10(15)3-5-11/h2-5,12-13H,6-9,16H2,1H3. The number of rotatable bonds is 5. The molecule has 1 aliphatic rings. The van der Waals surface area contributed by atoms with E-state index < -0.39 is 0 Å². The van der Waals surface area contributed by atoms with Crippen LogP contribution in [-0.2, 0) is 9.53 Å². The van der Waals surface area contributed by atoms with Crippen LogP contribution in [0.25, 0.3) is 0 Å². The summed E-state index contributed by atoms with van der Waals surface area (Å²) in [5.41, 5.74) is 5.84. The molecule has 0 aliphatic carbocycles. The Balaban J connectivity index is 1.75. The van der Waals surface area contributed by atoms with Gasteiger partial charge in [-0.15, -0.1) is 0 Å². The van der Waals surface area contributed by atoms with E-state index in [1.54, 1.807) is 36.2 Å². The second-order valence-electron chi connectivity index (χ2n) is 4.87. The van der Waals surface area contributed by atoms with Gasteiger partial charge in [0.05, 0.1) is 25.7 Å². The number of carbonyl (C=O) groups excluding carboxylic acids is 1. The average Bonchev–Trinajstić information content (AvgIpc) is 2.86. The summed E-state index contributed by atoms with van der Waals surface area (Å²) in [6.07, 6.45) is 0. The van der Waals surface area contributed by atoms with E-state index >= 15 is 0 Å². The Kier molecular flexibility index (Phi) is 5.23. The molecule has 0 saturated carbocycles. The Morgan fingerprint density at radius 2 is 2.15 bits per heavy atom. The average molecular weight is 299 g/mol. The van der Waals surface area contributed by atoms with Gasteiger partial charge in [-0.2, -0.15) is 0 Å². The molecule has 1 aromatic carbocycles. The third-order valence-electron chi connectivity index (χ3n) is 3.33. The Bertz CT molecular complexity index is 452. The number of ether oxygens (including phenoxy) is 2. The molecule has 2 unspecified atom stereocenters. The van der Waals surface area contributed by atoms with Gasteiger partial charge >= 0.3 is 0 Å². The fourth-order valence-electron chi connectivity index (χ4n) is 2.05. The van der Waals surface area contributed by atoms with Gasteiger partial charge in [-0.05, 0) is 24.3 Å². The second-order valence-corrected chi connectivity index (χ2v) is 5.31. The van der Waals surface area contributed by atoms with Crippen molar-refractivity contribution in [2.75, 3.05) is 33.4 Å². The van der Waals surface area contributed by atoms with Gasteiger partial charge in [-0.1, -0.05) is 11.6 Å². The predicted molar refractivity (Wildman–Crippen MR) is 76.9 cm³/mol. The summed E-state index contributed by atoms with van der Waals surface area (Å²) in [5, 5.41) is 0.667. The van der Waals surface area contributed by atoms with Crippen LogP contribution in [0.15, 0.2) is 24.3 Å². The first-order valence-corrected chi connectivity index (χ1v) is 6.92. The summed E-state index contributed by atoms with van der Waals surface area (Å²) in [7, 11) is 1.75. The van der Waals surface area contributed by atoms with Gasteiger partial charge in [0.15, 0.2) is 0 Å². The highest BCUT2D eigenvalue weighted by Gasteiger charge is 2.33. The van der Waals surface area contributed by atoms with Crippen molar-refractivity contribution in [1.82, 2.24) is 4.90 Å². The minimum atomic E-state index is -0.240. The van der Waals surface area contributed by atoms with E-state index in [1.807, 2.05) is 0 Å². The topological polar surface area (TPSA) is 64.8 Å². The van der Waals surface area contributed by atoms with Crippen LogP contribution in [0.4, 0.5) is 0 Å². The highest BCUT2D eigenvalue weighted by atomic mass is 35.5. The van der Waals surface area contributed by atoms with Gasteiger partial charge in [0, 0.05) is 18.1 Å². The second kappa shape index (κ2) is 6.92. The Hall–Kier alpha value is -1.30. The van der Waals surface area contributed by atoms with Gasteiger partial charge in [-0.3, -0.25) is 4.79 Å². The summed E-state index contributed by atoms with van der Waals surface area (Å²) in [6, 6.07) is 6.92. The number of likely N-dealkylation sites (N-methyl/N-ethyl adjacent to an activating group) is 1. The van der Waals surface area contributed by atoms with Crippen molar-refractivity contribution < 1.29 is 14.3 Å². The largest absolute Gasteiger partial charge is 0.492 e. The van der Waals surface area contributed by atoms with E-state index in [2.05, 4.69) is 0 Å². The molecule has 1 fully saturated rings. The molecule has 0 aromatic heterocycles. The number of nitrogens with zero attached hydrogens (tertiary/aromatic N) is 1. The first-order chi connectivity index (χ1) is 9.58. The number of benzene rings is 1. The maximum absolute atomic E-state index is 12.1. The van der Waals surface area contributed by atoms with Crippen molar-refractivity contribution >= 4 is 17.5 Å². The SMILES string of the molecule is CN(CCOc1ccc(Cl)cc1)C(=O)C1COCC1N. The summed E-state index contributed by atoms with van der Waals surface area (Å²) in [6.45, 7) is 1.78. The third kappa shape index (κ3) is 3.85. The monoisotopic (exact) mass is 298 g/mol. The number of nitrogens with two attached hydrogens (primary N) is 1. The predicted octanol–water partition coefficient (Wildman–Crippen LogP) is 1.15. The van der Waals surface area contributed by atoms with E-state index in [4.69, 9.17) is 26.8 Å². The van der Waals surface area contributed by atoms with Gasteiger partial charge in [0.1, 0.15) is 12.4 Å². The number of hydrogen-bond donors (Lipinski definition) is 1. The number of amides is 1. The molecule has 2 N–H and O–H groups in total.